The summed E-state index contributed by atoms with van der Waals surface area (Å²) < 4.78 is 14.5. The van der Waals surface area contributed by atoms with Crippen LogP contribution in [0.5, 0.6) is 0 Å². The molecule has 0 saturated carbocycles. The highest BCUT2D eigenvalue weighted by atomic mass is 32.1. The van der Waals surface area contributed by atoms with E-state index in [4.69, 9.17) is 10.2 Å². The Morgan fingerprint density at radius 2 is 2.15 bits per heavy atom. The number of aromatic nitrogens is 2. The van der Waals surface area contributed by atoms with Gasteiger partial charge in [-0.15, -0.1) is 11.3 Å². The van der Waals surface area contributed by atoms with Crippen molar-refractivity contribution in [3.8, 4) is 11.3 Å². The molecule has 2 N–H and O–H groups in total. The van der Waals surface area contributed by atoms with E-state index in [1.807, 2.05) is 17.5 Å². The third-order valence-electron chi connectivity index (χ3n) is 4.65. The number of thiazole rings is 1. The lowest BCUT2D eigenvalue weighted by atomic mass is 9.99. The van der Waals surface area contributed by atoms with Crippen LogP contribution in [-0.2, 0) is 12.8 Å². The molecule has 4 rings (SSSR count). The largest absolute Gasteiger partial charge is 0.347 e. The van der Waals surface area contributed by atoms with E-state index in [0.717, 1.165) is 22.0 Å². The summed E-state index contributed by atoms with van der Waals surface area (Å²) in [6.07, 6.45) is 4.63. The molecule has 0 bridgehead atoms. The van der Waals surface area contributed by atoms with E-state index < -0.39 is 11.7 Å². The van der Waals surface area contributed by atoms with E-state index in [9.17, 15) is 9.18 Å². The maximum absolute atomic E-state index is 14.5. The molecule has 3 heterocycles. The van der Waals surface area contributed by atoms with Crippen LogP contribution in [0.15, 0.2) is 42.0 Å². The predicted molar refractivity (Wildman–Crippen MR) is 101 cm³/mol. The summed E-state index contributed by atoms with van der Waals surface area (Å²) >= 11 is 1.55. The monoisotopic (exact) mass is 384 g/mol. The van der Waals surface area contributed by atoms with E-state index in [1.54, 1.807) is 35.3 Å². The molecule has 1 amide bonds. The van der Waals surface area contributed by atoms with Gasteiger partial charge in [0.05, 0.1) is 5.69 Å². The Hall–Kier alpha value is -2.84. The summed E-state index contributed by atoms with van der Waals surface area (Å²) in [4.78, 5) is 22.6. The molecule has 0 saturated heterocycles. The Balaban J connectivity index is 1.56. The number of hydrogen-bond acceptors (Lipinski definition) is 6. The lowest BCUT2D eigenvalue weighted by Crippen LogP contribution is -2.25. The Morgan fingerprint density at radius 3 is 2.93 bits per heavy atom. The third kappa shape index (κ3) is 3.54. The number of nitrogens with one attached hydrogen (secondary N) is 1. The van der Waals surface area contributed by atoms with Gasteiger partial charge in [0.1, 0.15) is 5.82 Å². The zero-order valence-corrected chi connectivity index (χ0v) is 15.2. The smallest absolute Gasteiger partial charge is 0.274 e. The molecule has 138 valence electrons. The first-order chi connectivity index (χ1) is 13.2. The average Bonchev–Trinajstić information content (AvgIpc) is 3.09. The zero-order chi connectivity index (χ0) is 18.8. The molecule has 0 radical (unpaired) electrons. The van der Waals surface area contributed by atoms with Crippen molar-refractivity contribution in [2.75, 3.05) is 18.0 Å². The predicted octanol–water partition coefficient (Wildman–Crippen LogP) is 3.07. The summed E-state index contributed by atoms with van der Waals surface area (Å²) in [6.45, 7) is 1.33. The molecular formula is C19H17FN4O2S. The number of carbonyl (C=O) groups is 1. The topological polar surface area (TPSA) is 78.4 Å². The SMILES string of the molecule is O=C(NO)c1cc(F)c2c(c1)CCN(c1nc(-c3cccnc3)cs1)CC2. The molecule has 2 aromatic heterocycles. The maximum Gasteiger partial charge on any atom is 0.274 e. The molecule has 1 aliphatic heterocycles. The number of fused-ring (bicyclic) bond motifs is 1. The van der Waals surface area contributed by atoms with Gasteiger partial charge in [-0.25, -0.2) is 14.9 Å². The van der Waals surface area contributed by atoms with Crippen molar-refractivity contribution in [1.29, 1.82) is 0 Å². The zero-order valence-electron chi connectivity index (χ0n) is 14.4. The minimum Gasteiger partial charge on any atom is -0.347 e. The van der Waals surface area contributed by atoms with Crippen molar-refractivity contribution in [3.05, 3.63) is 64.5 Å². The van der Waals surface area contributed by atoms with Gasteiger partial charge in [0.2, 0.25) is 0 Å². The second-order valence-corrected chi connectivity index (χ2v) is 7.12. The van der Waals surface area contributed by atoms with Crippen LogP contribution in [0, 0.1) is 5.82 Å². The van der Waals surface area contributed by atoms with Gasteiger partial charge in [0.15, 0.2) is 5.13 Å². The van der Waals surface area contributed by atoms with Crippen molar-refractivity contribution < 1.29 is 14.4 Å². The number of halogens is 1. The van der Waals surface area contributed by atoms with Crippen LogP contribution >= 0.6 is 11.3 Å². The number of carbonyl (C=O) groups excluding carboxylic acids is 1. The minimum atomic E-state index is -0.709. The van der Waals surface area contributed by atoms with Gasteiger partial charge >= 0.3 is 0 Å². The van der Waals surface area contributed by atoms with Crippen LogP contribution in [0.25, 0.3) is 11.3 Å². The van der Waals surface area contributed by atoms with E-state index in [2.05, 4.69) is 9.88 Å². The Morgan fingerprint density at radius 1 is 1.30 bits per heavy atom. The molecule has 27 heavy (non-hydrogen) atoms. The minimum absolute atomic E-state index is 0.121. The fourth-order valence-corrected chi connectivity index (χ4v) is 4.14. The number of hydrogen-bond donors (Lipinski definition) is 2. The number of benzene rings is 1. The molecule has 0 aliphatic carbocycles. The van der Waals surface area contributed by atoms with Crippen LogP contribution in [0.1, 0.15) is 21.5 Å². The number of anilines is 1. The number of pyridine rings is 1. The molecule has 0 spiro atoms. The van der Waals surface area contributed by atoms with Crippen LogP contribution in [0.2, 0.25) is 0 Å². The van der Waals surface area contributed by atoms with Crippen molar-refractivity contribution in [2.24, 2.45) is 0 Å². The summed E-state index contributed by atoms with van der Waals surface area (Å²) in [5.74, 6) is -1.12. The van der Waals surface area contributed by atoms with Crippen LogP contribution in [-0.4, -0.2) is 34.2 Å². The van der Waals surface area contributed by atoms with Gasteiger partial charge < -0.3 is 4.90 Å². The van der Waals surface area contributed by atoms with E-state index in [-0.39, 0.29) is 5.56 Å². The summed E-state index contributed by atoms with van der Waals surface area (Å²) in [5, 5.41) is 11.7. The van der Waals surface area contributed by atoms with E-state index in [1.165, 1.54) is 6.07 Å². The molecule has 0 unspecified atom stereocenters. The van der Waals surface area contributed by atoms with Crippen molar-refractivity contribution >= 4 is 22.4 Å². The molecule has 8 heteroatoms. The lowest BCUT2D eigenvalue weighted by molar-refractivity contribution is 0.0705. The Labute approximate surface area is 159 Å². The number of amides is 1. The molecule has 0 atom stereocenters. The molecular weight excluding hydrogens is 367 g/mol. The van der Waals surface area contributed by atoms with Crippen LogP contribution in [0.3, 0.4) is 0 Å². The van der Waals surface area contributed by atoms with Gasteiger partial charge in [-0.1, -0.05) is 0 Å². The van der Waals surface area contributed by atoms with E-state index >= 15 is 0 Å². The first-order valence-electron chi connectivity index (χ1n) is 8.52. The fourth-order valence-electron chi connectivity index (χ4n) is 3.25. The normalized spacial score (nSPS) is 13.8. The molecule has 1 aromatic carbocycles. The molecule has 3 aromatic rings. The lowest BCUT2D eigenvalue weighted by Gasteiger charge is -2.18. The van der Waals surface area contributed by atoms with Crippen LogP contribution < -0.4 is 10.4 Å². The first kappa shape index (κ1) is 17.6. The number of nitrogens with zero attached hydrogens (tertiary/aromatic N) is 3. The number of hydroxylamine groups is 1. The standard InChI is InChI=1S/C19H17FN4O2S/c20-16-9-14(18(25)23-26)8-12-3-6-24(7-4-15(12)16)19-22-17(11-27-19)13-2-1-5-21-10-13/h1-2,5,8-11,26H,3-4,6-7H2,(H,23,25). The maximum atomic E-state index is 14.5. The van der Waals surface area contributed by atoms with Crippen molar-refractivity contribution in [2.45, 2.75) is 12.8 Å². The third-order valence-corrected chi connectivity index (χ3v) is 5.56. The second-order valence-electron chi connectivity index (χ2n) is 6.28. The summed E-state index contributed by atoms with van der Waals surface area (Å²) in [5.41, 5.74) is 4.92. The summed E-state index contributed by atoms with van der Waals surface area (Å²) in [7, 11) is 0. The Kier molecular flexibility index (Phi) is 4.83. The van der Waals surface area contributed by atoms with Gasteiger partial charge in [-0.3, -0.25) is 15.0 Å². The van der Waals surface area contributed by atoms with E-state index in [0.29, 0.717) is 31.5 Å². The highest BCUT2D eigenvalue weighted by Gasteiger charge is 2.21. The first-order valence-corrected chi connectivity index (χ1v) is 9.40. The fraction of sp³-hybridized carbons (Fsp3) is 0.211. The van der Waals surface area contributed by atoms with Gasteiger partial charge in [-0.05, 0) is 48.2 Å². The summed E-state index contributed by atoms with van der Waals surface area (Å²) in [6, 6.07) is 6.66. The molecule has 6 nitrogen and oxygen atoms in total. The average molecular weight is 384 g/mol. The van der Waals surface area contributed by atoms with Crippen molar-refractivity contribution in [3.63, 3.8) is 0 Å². The molecule has 0 fully saturated rings. The van der Waals surface area contributed by atoms with Gasteiger partial charge in [-0.2, -0.15) is 0 Å². The Bertz CT molecular complexity index is 977. The highest BCUT2D eigenvalue weighted by molar-refractivity contribution is 7.14. The quantitative estimate of drug-likeness (QED) is 0.536. The second kappa shape index (κ2) is 7.42. The van der Waals surface area contributed by atoms with Crippen LogP contribution in [0.4, 0.5) is 9.52 Å². The molecule has 1 aliphatic rings. The van der Waals surface area contributed by atoms with Crippen molar-refractivity contribution in [1.82, 2.24) is 15.4 Å². The highest BCUT2D eigenvalue weighted by Crippen LogP contribution is 2.29. The van der Waals surface area contributed by atoms with Gasteiger partial charge in [0.25, 0.3) is 5.91 Å². The van der Waals surface area contributed by atoms with Gasteiger partial charge in [0, 0.05) is 42.0 Å². The number of rotatable bonds is 3.